The summed E-state index contributed by atoms with van der Waals surface area (Å²) in [5, 5.41) is 3.79. The molecule has 0 unspecified atom stereocenters. The number of rotatable bonds is 8. The lowest BCUT2D eigenvalue weighted by molar-refractivity contribution is -0.598. The summed E-state index contributed by atoms with van der Waals surface area (Å²) in [5.74, 6) is 0. The van der Waals surface area contributed by atoms with Gasteiger partial charge in [-0.1, -0.05) is 47.5 Å². The molecule has 0 radical (unpaired) electrons. The zero-order valence-corrected chi connectivity index (χ0v) is 23.7. The molecule has 0 spiro atoms. The molecule has 0 aromatic heterocycles. The Morgan fingerprint density at radius 3 is 2.14 bits per heavy atom. The van der Waals surface area contributed by atoms with E-state index in [1.54, 1.807) is 17.0 Å². The lowest BCUT2D eigenvalue weighted by Crippen LogP contribution is -3.61. The smallest absolute Gasteiger partial charge is 0.358 e. The van der Waals surface area contributed by atoms with Crippen molar-refractivity contribution in [2.75, 3.05) is 19.6 Å². The minimum Gasteiger partial charge on any atom is -0.744 e. The van der Waals surface area contributed by atoms with E-state index in [0.717, 1.165) is 30.1 Å². The molecular weight excluding hydrogens is 599 g/mol. The number of amides is 2. The number of carbonyl (C=O) groups excluding carboxylic acids is 1. The Balaban J connectivity index is 0.000000328. The Hall–Kier alpha value is -2.14. The van der Waals surface area contributed by atoms with Crippen LogP contribution in [-0.2, 0) is 16.5 Å². The summed E-state index contributed by atoms with van der Waals surface area (Å²) in [6.45, 7) is 7.95. The van der Waals surface area contributed by atoms with Crippen LogP contribution in [0.1, 0.15) is 25.0 Å². The van der Waals surface area contributed by atoms with Crippen LogP contribution in [0.5, 0.6) is 0 Å². The molecule has 0 fully saturated rings. The van der Waals surface area contributed by atoms with Gasteiger partial charge in [-0.15, -0.1) is 0 Å². The molecule has 9 heteroatoms. The second kappa shape index (κ2) is 14.4. The van der Waals surface area contributed by atoms with Crippen LogP contribution in [0, 0.1) is 14.1 Å². The van der Waals surface area contributed by atoms with Crippen LogP contribution in [0.3, 0.4) is 0 Å². The lowest BCUT2D eigenvalue weighted by atomic mass is 10.1. The minimum absolute atomic E-state index is 0.0184. The molecule has 1 N–H and O–H groups in total. The first-order valence-electron chi connectivity index (χ1n) is 11.2. The molecule has 0 aliphatic heterocycles. The van der Waals surface area contributed by atoms with Gasteiger partial charge in [-0.05, 0) is 69.7 Å². The Bertz CT molecular complexity index is 1180. The van der Waals surface area contributed by atoms with Crippen LogP contribution < -0.4 is 26.5 Å². The highest BCUT2D eigenvalue weighted by molar-refractivity contribution is 7.85. The predicted octanol–water partition coefficient (Wildman–Crippen LogP) is 1.96. The molecule has 0 saturated carbocycles. The first-order valence-corrected chi connectivity index (χ1v) is 15.1. The van der Waals surface area contributed by atoms with Crippen LogP contribution in [0.15, 0.2) is 77.7 Å². The van der Waals surface area contributed by atoms with Gasteiger partial charge in [-0.3, -0.25) is 0 Å². The summed E-state index contributed by atoms with van der Waals surface area (Å²) in [6.07, 6.45) is 0.858. The Morgan fingerprint density at radius 1 is 0.971 bits per heavy atom. The second-order valence-electron chi connectivity index (χ2n) is 7.54. The molecule has 6 nitrogen and oxygen atoms in total. The number of hydrogen-bond donors (Lipinski definition) is 1. The van der Waals surface area contributed by atoms with Crippen molar-refractivity contribution in [2.45, 2.75) is 32.1 Å². The number of nitrogens with zero attached hydrogens (tertiary/aromatic N) is 1. The van der Waals surface area contributed by atoms with E-state index in [1.165, 1.54) is 24.8 Å². The van der Waals surface area contributed by atoms with E-state index >= 15 is 0 Å². The van der Waals surface area contributed by atoms with Gasteiger partial charge in [-0.2, -0.15) is 0 Å². The quantitative estimate of drug-likeness (QED) is 0.305. The van der Waals surface area contributed by atoms with Gasteiger partial charge < -0.3 is 14.8 Å². The molecule has 0 heterocycles. The lowest BCUT2D eigenvalue weighted by Gasteiger charge is -2.19. The highest BCUT2D eigenvalue weighted by Gasteiger charge is 2.19. The highest BCUT2D eigenvalue weighted by atomic mass is 127. The molecule has 0 aliphatic carbocycles. The van der Waals surface area contributed by atoms with Crippen molar-refractivity contribution in [1.82, 2.24) is 10.2 Å². The van der Waals surface area contributed by atoms with Crippen molar-refractivity contribution in [1.29, 1.82) is 0 Å². The monoisotopic (exact) mass is 628 g/mol. The number of halogens is 2. The van der Waals surface area contributed by atoms with Gasteiger partial charge in [0, 0.05) is 30.2 Å². The van der Waals surface area contributed by atoms with E-state index in [4.69, 9.17) is 11.6 Å². The fourth-order valence-electron chi connectivity index (χ4n) is 3.04. The van der Waals surface area contributed by atoms with E-state index in [-0.39, 0.29) is 32.1 Å². The van der Waals surface area contributed by atoms with Crippen molar-refractivity contribution in [3.05, 3.63) is 96.1 Å². The maximum Gasteiger partial charge on any atom is 0.358 e. The van der Waals surface area contributed by atoms with Gasteiger partial charge in [0.2, 0.25) is 0 Å². The van der Waals surface area contributed by atoms with Gasteiger partial charge in [0.05, 0.1) is 4.90 Å². The molecule has 0 aliphatic rings. The maximum absolute atomic E-state index is 12.0. The molecule has 35 heavy (non-hydrogen) atoms. The largest absolute Gasteiger partial charge is 0.744 e. The molecule has 3 aromatic rings. The van der Waals surface area contributed by atoms with E-state index in [1.807, 2.05) is 32.9 Å². The first-order chi connectivity index (χ1) is 16.6. The van der Waals surface area contributed by atoms with Gasteiger partial charge in [0.1, 0.15) is 10.1 Å². The van der Waals surface area contributed by atoms with E-state index < -0.39 is 10.1 Å². The molecule has 0 bridgehead atoms. The van der Waals surface area contributed by atoms with E-state index in [0.29, 0.717) is 6.54 Å². The number of urea groups is 1. The number of hydrogen-bond acceptors (Lipinski definition) is 4. The van der Waals surface area contributed by atoms with Crippen LogP contribution in [0.2, 0.25) is 5.02 Å². The van der Waals surface area contributed by atoms with Gasteiger partial charge >= 0.3 is 27.2 Å². The van der Waals surface area contributed by atoms with Crippen LogP contribution in [-0.4, -0.2) is 43.5 Å². The fourth-order valence-corrected chi connectivity index (χ4v) is 6.20. The average Bonchev–Trinajstić information content (AvgIpc) is 2.82. The molecule has 3 aromatic carbocycles. The first kappa shape index (κ1) is 29.1. The van der Waals surface area contributed by atoms with E-state index in [2.05, 4.69) is 41.7 Å². The predicted molar refractivity (Wildman–Crippen MR) is 134 cm³/mol. The van der Waals surface area contributed by atoms with Crippen molar-refractivity contribution in [2.24, 2.45) is 0 Å². The topological polar surface area (TPSA) is 89.5 Å². The Labute approximate surface area is 223 Å². The minimum atomic E-state index is -4.27. The van der Waals surface area contributed by atoms with Gasteiger partial charge in [0.15, 0.2) is 7.14 Å². The summed E-state index contributed by atoms with van der Waals surface area (Å²) < 4.78 is 33.9. The van der Waals surface area contributed by atoms with Gasteiger partial charge in [0.25, 0.3) is 0 Å². The van der Waals surface area contributed by atoms with E-state index in [9.17, 15) is 17.8 Å². The molecular formula is C26H30ClIN2O4S. The second-order valence-corrected chi connectivity index (χ2v) is 12.3. The van der Waals surface area contributed by atoms with Crippen LogP contribution in [0.4, 0.5) is 4.79 Å². The SMILES string of the molecule is CCN(CC)C(=O)NCCc1ccccc1[I+]c1ccc(Cl)cc1.Cc1ccc(S(=O)(=O)[O-])cc1. The van der Waals surface area contributed by atoms with Crippen molar-refractivity contribution < 1.29 is 39.0 Å². The number of benzene rings is 3. The van der Waals surface area contributed by atoms with Crippen molar-refractivity contribution >= 4 is 27.8 Å². The zero-order chi connectivity index (χ0) is 25.8. The summed E-state index contributed by atoms with van der Waals surface area (Å²) in [5.41, 5.74) is 2.25. The van der Waals surface area contributed by atoms with Crippen molar-refractivity contribution in [3.8, 4) is 0 Å². The average molecular weight is 629 g/mol. The third-order valence-corrected chi connectivity index (χ3v) is 9.08. The molecule has 0 atom stereocenters. The third-order valence-electron chi connectivity index (χ3n) is 5.00. The standard InChI is InChI=1S/C19H22ClIN2O.C7H8O3S/c1-3-23(4-2)19(24)22-14-13-15-7-5-6-8-18(15)21-17-11-9-16(20)10-12-17;1-6-2-4-7(5-3-6)11(8,9)10/h5-12H,3-4,13-14H2,1-2H3;2-5H,1H3,(H,8,9,10). The molecule has 3 rings (SSSR count). The third kappa shape index (κ3) is 10.2. The number of carbonyl (C=O) groups is 1. The fraction of sp³-hybridized carbons (Fsp3) is 0.269. The number of nitrogens with one attached hydrogen (secondary N) is 1. The highest BCUT2D eigenvalue weighted by Crippen LogP contribution is 2.08. The molecule has 2 amide bonds. The summed E-state index contributed by atoms with van der Waals surface area (Å²) >= 11 is 5.72. The zero-order valence-electron chi connectivity index (χ0n) is 20.0. The van der Waals surface area contributed by atoms with Gasteiger partial charge in [-0.25, -0.2) is 13.2 Å². The van der Waals surface area contributed by atoms with Crippen LogP contribution in [0.25, 0.3) is 0 Å². The summed E-state index contributed by atoms with van der Waals surface area (Å²) in [4.78, 5) is 13.6. The Kier molecular flexibility index (Phi) is 12.0. The Morgan fingerprint density at radius 2 is 1.57 bits per heavy atom. The van der Waals surface area contributed by atoms with Crippen LogP contribution >= 0.6 is 11.6 Å². The maximum atomic E-state index is 12.0. The summed E-state index contributed by atoms with van der Waals surface area (Å²) in [6, 6.07) is 22.4. The molecule has 0 saturated heterocycles. The molecule has 188 valence electrons. The normalized spacial score (nSPS) is 10.8. The summed E-state index contributed by atoms with van der Waals surface area (Å²) in [7, 11) is -4.27. The van der Waals surface area contributed by atoms with Crippen molar-refractivity contribution in [3.63, 3.8) is 0 Å². The number of aryl methyl sites for hydroxylation is 1.